The summed E-state index contributed by atoms with van der Waals surface area (Å²) < 4.78 is 0. The lowest BCUT2D eigenvalue weighted by molar-refractivity contribution is -0.150. The topological polar surface area (TPSA) is 40.6 Å². The highest BCUT2D eigenvalue weighted by Crippen LogP contribution is 2.03. The van der Waals surface area contributed by atoms with E-state index in [1.54, 1.807) is 0 Å². The highest BCUT2D eigenvalue weighted by Gasteiger charge is 2.28. The predicted molar refractivity (Wildman–Crippen MR) is 44.2 cm³/mol. The lowest BCUT2D eigenvalue weighted by Gasteiger charge is -2.30. The van der Waals surface area contributed by atoms with Crippen LogP contribution in [-0.4, -0.2) is 47.8 Å². The smallest absolute Gasteiger partial charge is 0.243 e. The molecule has 0 aromatic rings. The molecule has 4 nitrogen and oxygen atoms in total. The van der Waals surface area contributed by atoms with Crippen LogP contribution < -0.4 is 0 Å². The highest BCUT2D eigenvalue weighted by molar-refractivity contribution is 5.99. The van der Waals surface area contributed by atoms with Gasteiger partial charge in [-0.25, -0.2) is 0 Å². The number of carbonyl (C=O) groups excluding carboxylic acids is 2. The standard InChI is InChI=1S/C8H13N2O2/c1-3-9-5-7(11)10(4-2)8(12)6-9/h2-6H2,1H3. The molecular weight excluding hydrogens is 156 g/mol. The summed E-state index contributed by atoms with van der Waals surface area (Å²) in [7, 11) is 0. The van der Waals surface area contributed by atoms with Crippen LogP contribution in [0.5, 0.6) is 0 Å². The Labute approximate surface area is 72.1 Å². The molecule has 1 aliphatic rings. The van der Waals surface area contributed by atoms with Crippen LogP contribution in [0.1, 0.15) is 6.92 Å². The van der Waals surface area contributed by atoms with Gasteiger partial charge in [-0.3, -0.25) is 19.4 Å². The molecule has 0 aromatic carbocycles. The molecule has 0 bridgehead atoms. The number of nitrogens with zero attached hydrogens (tertiary/aromatic N) is 2. The maximum Gasteiger partial charge on any atom is 0.243 e. The highest BCUT2D eigenvalue weighted by atomic mass is 16.2. The average molecular weight is 169 g/mol. The van der Waals surface area contributed by atoms with Crippen LogP contribution in [0.4, 0.5) is 0 Å². The molecule has 2 amide bonds. The minimum atomic E-state index is -0.136. The number of likely N-dealkylation sites (N-methyl/N-ethyl adjacent to an activating group) is 1. The van der Waals surface area contributed by atoms with E-state index >= 15 is 0 Å². The van der Waals surface area contributed by atoms with Crippen molar-refractivity contribution in [2.75, 3.05) is 26.2 Å². The molecule has 1 heterocycles. The fourth-order valence-electron chi connectivity index (χ4n) is 1.22. The van der Waals surface area contributed by atoms with E-state index < -0.39 is 0 Å². The second kappa shape index (κ2) is 3.67. The number of amides is 2. The van der Waals surface area contributed by atoms with Gasteiger partial charge >= 0.3 is 0 Å². The summed E-state index contributed by atoms with van der Waals surface area (Å²) in [5.41, 5.74) is 0. The number of hydrogen-bond donors (Lipinski definition) is 0. The van der Waals surface area contributed by atoms with Gasteiger partial charge < -0.3 is 0 Å². The van der Waals surface area contributed by atoms with Gasteiger partial charge in [-0.2, -0.15) is 0 Å². The van der Waals surface area contributed by atoms with Crippen LogP contribution in [0.3, 0.4) is 0 Å². The summed E-state index contributed by atoms with van der Waals surface area (Å²) in [6.07, 6.45) is 0. The molecule has 4 heteroatoms. The van der Waals surface area contributed by atoms with Crippen molar-refractivity contribution in [2.24, 2.45) is 0 Å². The van der Waals surface area contributed by atoms with Crippen LogP contribution in [0, 0.1) is 6.92 Å². The fourth-order valence-corrected chi connectivity index (χ4v) is 1.22. The van der Waals surface area contributed by atoms with E-state index in [-0.39, 0.29) is 18.4 Å². The Morgan fingerprint density at radius 2 is 1.83 bits per heavy atom. The van der Waals surface area contributed by atoms with E-state index in [0.717, 1.165) is 6.54 Å². The first-order valence-corrected chi connectivity index (χ1v) is 4.03. The van der Waals surface area contributed by atoms with Crippen LogP contribution in [0.25, 0.3) is 0 Å². The Bertz CT molecular complexity index is 185. The molecule has 0 aromatic heterocycles. The Balaban J connectivity index is 2.63. The number of rotatable bonds is 2. The number of carbonyl (C=O) groups is 2. The summed E-state index contributed by atoms with van der Waals surface area (Å²) in [6.45, 7) is 7.13. The second-order valence-electron chi connectivity index (χ2n) is 2.74. The maximum atomic E-state index is 11.2. The normalized spacial score (nSPS) is 20.3. The van der Waals surface area contributed by atoms with Gasteiger partial charge in [0.15, 0.2) is 0 Å². The number of piperazine rings is 1. The lowest BCUT2D eigenvalue weighted by atomic mass is 10.3. The summed E-state index contributed by atoms with van der Waals surface area (Å²) in [5.74, 6) is -0.272. The third-order valence-corrected chi connectivity index (χ3v) is 1.99. The molecule has 0 aliphatic carbocycles. The molecular formula is C8H13N2O2. The number of hydrogen-bond acceptors (Lipinski definition) is 3. The molecule has 0 atom stereocenters. The third-order valence-electron chi connectivity index (χ3n) is 1.99. The Hall–Kier alpha value is -0.900. The van der Waals surface area contributed by atoms with Crippen molar-refractivity contribution in [3.8, 4) is 0 Å². The lowest BCUT2D eigenvalue weighted by Crippen LogP contribution is -2.53. The van der Waals surface area contributed by atoms with Crippen molar-refractivity contribution in [1.82, 2.24) is 9.80 Å². The molecule has 0 unspecified atom stereocenters. The van der Waals surface area contributed by atoms with Gasteiger partial charge in [0.25, 0.3) is 0 Å². The minimum absolute atomic E-state index is 0.136. The van der Waals surface area contributed by atoms with Gasteiger partial charge in [-0.1, -0.05) is 6.92 Å². The van der Waals surface area contributed by atoms with Gasteiger partial charge in [-0.05, 0) is 13.5 Å². The molecule has 1 fully saturated rings. The Kier molecular flexibility index (Phi) is 2.81. The van der Waals surface area contributed by atoms with E-state index in [0.29, 0.717) is 13.1 Å². The van der Waals surface area contributed by atoms with Crippen molar-refractivity contribution < 1.29 is 9.59 Å². The van der Waals surface area contributed by atoms with Crippen molar-refractivity contribution >= 4 is 11.8 Å². The van der Waals surface area contributed by atoms with Crippen molar-refractivity contribution in [1.29, 1.82) is 0 Å². The Morgan fingerprint density at radius 1 is 1.33 bits per heavy atom. The second-order valence-corrected chi connectivity index (χ2v) is 2.74. The van der Waals surface area contributed by atoms with Crippen molar-refractivity contribution in [2.45, 2.75) is 6.92 Å². The summed E-state index contributed by atoms with van der Waals surface area (Å²) in [5, 5.41) is 0. The molecule has 1 aliphatic heterocycles. The monoisotopic (exact) mass is 169 g/mol. The van der Waals surface area contributed by atoms with Crippen LogP contribution in [0.2, 0.25) is 0 Å². The zero-order valence-corrected chi connectivity index (χ0v) is 7.25. The van der Waals surface area contributed by atoms with Gasteiger partial charge in [0.2, 0.25) is 11.8 Å². The van der Waals surface area contributed by atoms with Crippen molar-refractivity contribution in [3.05, 3.63) is 6.92 Å². The van der Waals surface area contributed by atoms with Gasteiger partial charge in [-0.15, -0.1) is 0 Å². The molecule has 0 spiro atoms. The number of imide groups is 1. The molecule has 0 saturated carbocycles. The zero-order valence-electron chi connectivity index (χ0n) is 7.25. The summed E-state index contributed by atoms with van der Waals surface area (Å²) in [4.78, 5) is 25.5. The van der Waals surface area contributed by atoms with E-state index in [1.807, 2.05) is 11.8 Å². The van der Waals surface area contributed by atoms with Gasteiger partial charge in [0, 0.05) is 6.54 Å². The van der Waals surface area contributed by atoms with E-state index in [2.05, 4.69) is 6.92 Å². The molecule has 12 heavy (non-hydrogen) atoms. The first kappa shape index (κ1) is 9.19. The minimum Gasteiger partial charge on any atom is -0.286 e. The predicted octanol–water partition coefficient (Wildman–Crippen LogP) is -0.489. The quantitative estimate of drug-likeness (QED) is 0.524. The molecule has 67 valence electrons. The van der Waals surface area contributed by atoms with Crippen molar-refractivity contribution in [3.63, 3.8) is 0 Å². The molecule has 1 radical (unpaired) electrons. The average Bonchev–Trinajstić information content (AvgIpc) is 2.03. The van der Waals surface area contributed by atoms with Gasteiger partial charge in [0.05, 0.1) is 13.1 Å². The van der Waals surface area contributed by atoms with E-state index in [1.165, 1.54) is 4.90 Å². The summed E-state index contributed by atoms with van der Waals surface area (Å²) >= 11 is 0. The van der Waals surface area contributed by atoms with Gasteiger partial charge in [0.1, 0.15) is 0 Å². The molecule has 1 saturated heterocycles. The van der Waals surface area contributed by atoms with Crippen LogP contribution in [0.15, 0.2) is 0 Å². The summed E-state index contributed by atoms with van der Waals surface area (Å²) in [6, 6.07) is 0. The van der Waals surface area contributed by atoms with Crippen LogP contribution >= 0.6 is 0 Å². The molecule has 0 N–H and O–H groups in total. The third kappa shape index (κ3) is 1.64. The zero-order chi connectivity index (χ0) is 9.14. The fraction of sp³-hybridized carbons (Fsp3) is 0.625. The van der Waals surface area contributed by atoms with Crippen LogP contribution in [-0.2, 0) is 9.59 Å². The molecule has 1 rings (SSSR count). The SMILES string of the molecule is [CH2]CN1C(=O)CN(CC)CC1=O. The van der Waals surface area contributed by atoms with E-state index in [9.17, 15) is 9.59 Å². The van der Waals surface area contributed by atoms with E-state index in [4.69, 9.17) is 0 Å². The maximum absolute atomic E-state index is 11.2. The Morgan fingerprint density at radius 3 is 2.17 bits per heavy atom. The first-order valence-electron chi connectivity index (χ1n) is 4.03. The largest absolute Gasteiger partial charge is 0.286 e. The first-order chi connectivity index (χ1) is 5.69.